The van der Waals surface area contributed by atoms with Crippen LogP contribution < -0.4 is 0 Å². The highest BCUT2D eigenvalue weighted by molar-refractivity contribution is 7.47. The van der Waals surface area contributed by atoms with Gasteiger partial charge in [-0.25, -0.2) is 9.13 Å². The average molecular weight is 1240 g/mol. The van der Waals surface area contributed by atoms with Gasteiger partial charge in [-0.15, -0.1) is 0 Å². The average Bonchev–Trinajstić information content (AvgIpc) is 3.56. The Morgan fingerprint density at radius 2 is 0.643 bits per heavy atom. The zero-order chi connectivity index (χ0) is 62.0. The van der Waals surface area contributed by atoms with Crippen LogP contribution in [0.5, 0.6) is 0 Å². The maximum atomic E-state index is 13.0. The molecule has 0 spiro atoms. The van der Waals surface area contributed by atoms with Crippen LogP contribution in [0.25, 0.3) is 0 Å². The lowest BCUT2D eigenvalue weighted by molar-refractivity contribution is -0.161. The Morgan fingerprint density at radius 1 is 0.369 bits per heavy atom. The molecule has 0 aliphatic rings. The van der Waals surface area contributed by atoms with E-state index in [0.717, 1.165) is 109 Å². The topological polar surface area (TPSA) is 237 Å². The molecule has 0 amide bonds. The molecule has 0 aliphatic heterocycles. The van der Waals surface area contributed by atoms with Crippen molar-refractivity contribution in [1.29, 1.82) is 0 Å². The van der Waals surface area contributed by atoms with Gasteiger partial charge in [-0.3, -0.25) is 37.3 Å². The molecule has 19 heteroatoms. The third-order valence-corrected chi connectivity index (χ3v) is 16.3. The minimum atomic E-state index is -4.95. The molecule has 0 saturated carbocycles. The number of hydrogen-bond donors (Lipinski definition) is 3. The molecule has 0 rings (SSSR count). The molecule has 0 aromatic heterocycles. The van der Waals surface area contributed by atoms with Crippen LogP contribution in [0.3, 0.4) is 0 Å². The van der Waals surface area contributed by atoms with Gasteiger partial charge in [0, 0.05) is 25.7 Å². The van der Waals surface area contributed by atoms with E-state index in [-0.39, 0.29) is 25.7 Å². The number of unbranched alkanes of at least 4 members (excludes halogenated alkanes) is 32. The first-order valence-corrected chi connectivity index (χ1v) is 36.4. The summed E-state index contributed by atoms with van der Waals surface area (Å²) in [5, 5.41) is 10.5. The summed E-state index contributed by atoms with van der Waals surface area (Å²) in [5.74, 6) is -1.49. The van der Waals surface area contributed by atoms with Crippen molar-refractivity contribution in [3.05, 3.63) is 24.3 Å². The summed E-state index contributed by atoms with van der Waals surface area (Å²) in [6, 6.07) is 0. The molecule has 5 atom stereocenters. The molecule has 17 nitrogen and oxygen atoms in total. The van der Waals surface area contributed by atoms with Gasteiger partial charge >= 0.3 is 39.5 Å². The molecular formula is C65H122O17P2. The van der Waals surface area contributed by atoms with E-state index < -0.39 is 97.5 Å². The number of rotatable bonds is 63. The van der Waals surface area contributed by atoms with Gasteiger partial charge in [0.15, 0.2) is 12.2 Å². The SMILES string of the molecule is CCCCCC/C=C\C=C/CCCCCCCC(=O)O[C@H](COC(=O)CCCCCCCCCCCC)COP(=O)(O)OC[C@@H](O)COP(=O)(O)OC[C@@H](COC(=O)CCCCCCCCC(C)C)OC(=O)CCCCCCCCCCCC. The maximum Gasteiger partial charge on any atom is 0.472 e. The number of carbonyl (C=O) groups excluding carboxylic acids is 4. The summed E-state index contributed by atoms with van der Waals surface area (Å²) >= 11 is 0. The molecule has 0 aromatic carbocycles. The summed E-state index contributed by atoms with van der Waals surface area (Å²) in [6.45, 7) is 7.03. The molecular weight excluding hydrogens is 1110 g/mol. The number of esters is 4. The van der Waals surface area contributed by atoms with Crippen LogP contribution in [-0.2, 0) is 65.4 Å². The number of aliphatic hydroxyl groups is 1. The third kappa shape index (κ3) is 58.6. The lowest BCUT2D eigenvalue weighted by Gasteiger charge is -2.21. The largest absolute Gasteiger partial charge is 0.472 e. The molecule has 0 saturated heterocycles. The second kappa shape index (κ2) is 58.2. The Morgan fingerprint density at radius 3 is 0.976 bits per heavy atom. The summed E-state index contributed by atoms with van der Waals surface area (Å²) in [6.07, 6.45) is 45.3. The van der Waals surface area contributed by atoms with Crippen molar-refractivity contribution in [1.82, 2.24) is 0 Å². The predicted molar refractivity (Wildman–Crippen MR) is 335 cm³/mol. The second-order valence-electron chi connectivity index (χ2n) is 23.3. The second-order valence-corrected chi connectivity index (χ2v) is 26.2. The van der Waals surface area contributed by atoms with Crippen LogP contribution in [0, 0.1) is 5.92 Å². The fourth-order valence-corrected chi connectivity index (χ4v) is 10.8. The number of carbonyl (C=O) groups is 4. The predicted octanol–water partition coefficient (Wildman–Crippen LogP) is 17.7. The molecule has 0 heterocycles. The highest BCUT2D eigenvalue weighted by atomic mass is 31.2. The van der Waals surface area contributed by atoms with Crippen molar-refractivity contribution in [2.75, 3.05) is 39.6 Å². The highest BCUT2D eigenvalue weighted by Crippen LogP contribution is 2.45. The van der Waals surface area contributed by atoms with Crippen molar-refractivity contribution in [3.8, 4) is 0 Å². The van der Waals surface area contributed by atoms with E-state index in [2.05, 4.69) is 58.9 Å². The minimum Gasteiger partial charge on any atom is -0.462 e. The maximum absolute atomic E-state index is 13.0. The summed E-state index contributed by atoms with van der Waals surface area (Å²) < 4.78 is 67.9. The van der Waals surface area contributed by atoms with Crippen LogP contribution in [0.1, 0.15) is 304 Å². The number of phosphoric acid groups is 2. The number of ether oxygens (including phenoxy) is 4. The van der Waals surface area contributed by atoms with Crippen LogP contribution >= 0.6 is 15.6 Å². The molecule has 2 unspecified atom stereocenters. The van der Waals surface area contributed by atoms with E-state index >= 15 is 0 Å². The molecule has 0 aliphatic carbocycles. The Balaban J connectivity index is 5.26. The summed E-state index contributed by atoms with van der Waals surface area (Å²) in [5.41, 5.74) is 0. The Bertz CT molecular complexity index is 1730. The molecule has 84 heavy (non-hydrogen) atoms. The van der Waals surface area contributed by atoms with Crippen molar-refractivity contribution in [2.45, 2.75) is 323 Å². The van der Waals surface area contributed by atoms with E-state index in [0.29, 0.717) is 31.6 Å². The number of phosphoric ester groups is 2. The third-order valence-electron chi connectivity index (χ3n) is 14.4. The van der Waals surface area contributed by atoms with E-state index in [1.807, 2.05) is 0 Å². The number of allylic oxidation sites excluding steroid dienone is 4. The lowest BCUT2D eigenvalue weighted by atomic mass is 10.0. The summed E-state index contributed by atoms with van der Waals surface area (Å²) in [4.78, 5) is 72.2. The van der Waals surface area contributed by atoms with Gasteiger partial charge in [-0.1, -0.05) is 252 Å². The monoisotopic (exact) mass is 1240 g/mol. The first kappa shape index (κ1) is 81.5. The first-order valence-electron chi connectivity index (χ1n) is 33.5. The number of aliphatic hydroxyl groups excluding tert-OH is 1. The molecule has 0 bridgehead atoms. The van der Waals surface area contributed by atoms with E-state index in [4.69, 9.17) is 37.0 Å². The van der Waals surface area contributed by atoms with E-state index in [1.54, 1.807) is 0 Å². The zero-order valence-electron chi connectivity index (χ0n) is 53.5. The van der Waals surface area contributed by atoms with Gasteiger partial charge in [0.05, 0.1) is 26.4 Å². The van der Waals surface area contributed by atoms with Crippen molar-refractivity contribution in [2.24, 2.45) is 5.92 Å². The fourth-order valence-electron chi connectivity index (χ4n) is 9.22. The molecule has 0 aromatic rings. The first-order chi connectivity index (χ1) is 40.5. The standard InChI is InChI=1S/C65H122O17P2/c1-6-9-12-15-18-21-24-25-26-27-28-31-34-41-46-51-65(70)81-60(54-75-62(67)48-43-38-32-29-22-19-16-13-10-7-2)56-79-83(71,72)77-52-59(66)53-78-84(73,74)80-57-61(55-76-63(68)49-44-39-36-35-37-42-47-58(4)5)82-64(69)50-45-40-33-30-23-20-17-14-11-8-3/h21,24-26,58-61,66H,6-20,22-23,27-57H2,1-5H3,(H,71,72)(H,73,74)/b24-21-,26-25-/t59-,60-,61-/m1/s1. The number of hydrogen-bond acceptors (Lipinski definition) is 15. The minimum absolute atomic E-state index is 0.0849. The van der Waals surface area contributed by atoms with Crippen molar-refractivity contribution in [3.63, 3.8) is 0 Å². The molecule has 3 N–H and O–H groups in total. The molecule has 0 radical (unpaired) electrons. The van der Waals surface area contributed by atoms with Crippen LogP contribution in [0.15, 0.2) is 24.3 Å². The van der Waals surface area contributed by atoms with Crippen LogP contribution in [0.4, 0.5) is 0 Å². The Hall–Kier alpha value is -2.46. The van der Waals surface area contributed by atoms with Crippen LogP contribution in [-0.4, -0.2) is 96.7 Å². The normalized spacial score (nSPS) is 14.4. The smallest absolute Gasteiger partial charge is 0.462 e. The van der Waals surface area contributed by atoms with Crippen molar-refractivity contribution < 1.29 is 80.2 Å². The van der Waals surface area contributed by atoms with E-state index in [1.165, 1.54) is 109 Å². The Labute approximate surface area is 510 Å². The Kier molecular flexibility index (Phi) is 56.5. The fraction of sp³-hybridized carbons (Fsp3) is 0.877. The van der Waals surface area contributed by atoms with Crippen LogP contribution in [0.2, 0.25) is 0 Å². The lowest BCUT2D eigenvalue weighted by Crippen LogP contribution is -2.30. The zero-order valence-corrected chi connectivity index (χ0v) is 55.3. The van der Waals surface area contributed by atoms with Gasteiger partial charge in [0.2, 0.25) is 0 Å². The van der Waals surface area contributed by atoms with E-state index in [9.17, 15) is 43.2 Å². The molecule has 494 valence electrons. The highest BCUT2D eigenvalue weighted by Gasteiger charge is 2.30. The molecule has 0 fully saturated rings. The van der Waals surface area contributed by atoms with Crippen molar-refractivity contribution >= 4 is 39.5 Å². The quantitative estimate of drug-likeness (QED) is 0.0169. The summed E-state index contributed by atoms with van der Waals surface area (Å²) in [7, 11) is -9.90. The van der Waals surface area contributed by atoms with Gasteiger partial charge < -0.3 is 33.8 Å². The van der Waals surface area contributed by atoms with Gasteiger partial charge in [-0.05, 0) is 57.3 Å². The van der Waals surface area contributed by atoms with Gasteiger partial charge in [0.1, 0.15) is 19.3 Å². The van der Waals surface area contributed by atoms with Gasteiger partial charge in [-0.2, -0.15) is 0 Å². The van der Waals surface area contributed by atoms with Gasteiger partial charge in [0.25, 0.3) is 0 Å².